The maximum atomic E-state index is 12.3. The van der Waals surface area contributed by atoms with Gasteiger partial charge in [-0.15, -0.1) is 10.2 Å². The van der Waals surface area contributed by atoms with E-state index in [4.69, 9.17) is 14.2 Å². The van der Waals surface area contributed by atoms with E-state index in [1.165, 1.54) is 51.3 Å². The number of carbonyl (C=O) groups is 1. The lowest BCUT2D eigenvalue weighted by Crippen LogP contribution is -2.14. The lowest BCUT2D eigenvalue weighted by atomic mass is 10.1. The van der Waals surface area contributed by atoms with Gasteiger partial charge < -0.3 is 24.1 Å². The number of nitro benzene ring substituents is 1. The van der Waals surface area contributed by atoms with Crippen LogP contribution in [0.15, 0.2) is 41.6 Å². The molecule has 2 aromatic carbocycles. The van der Waals surface area contributed by atoms with E-state index in [0.717, 1.165) is 0 Å². The molecule has 0 atom stereocenters. The molecule has 0 spiro atoms. The Morgan fingerprint density at radius 2 is 1.81 bits per heavy atom. The van der Waals surface area contributed by atoms with E-state index in [2.05, 4.69) is 15.5 Å². The van der Waals surface area contributed by atoms with Crippen molar-refractivity contribution in [3.8, 4) is 28.6 Å². The van der Waals surface area contributed by atoms with Crippen LogP contribution in [0.3, 0.4) is 0 Å². The number of hydrogen-bond donors (Lipinski definition) is 1. The molecule has 0 unspecified atom stereocenters. The molecule has 0 saturated carbocycles. The highest BCUT2D eigenvalue weighted by Crippen LogP contribution is 2.41. The molecule has 0 radical (unpaired) electrons. The highest BCUT2D eigenvalue weighted by molar-refractivity contribution is 7.99. The van der Waals surface area contributed by atoms with Gasteiger partial charge in [0.1, 0.15) is 0 Å². The van der Waals surface area contributed by atoms with E-state index in [9.17, 15) is 14.9 Å². The number of non-ortho nitro benzene ring substituents is 1. The van der Waals surface area contributed by atoms with Gasteiger partial charge in [-0.25, -0.2) is 0 Å². The van der Waals surface area contributed by atoms with Gasteiger partial charge in [-0.1, -0.05) is 17.8 Å². The molecule has 0 aliphatic rings. The normalized spacial score (nSPS) is 10.5. The second-order valence-electron chi connectivity index (χ2n) is 6.42. The molecule has 0 bridgehead atoms. The number of benzene rings is 2. The van der Waals surface area contributed by atoms with Gasteiger partial charge in [-0.2, -0.15) is 0 Å². The Balaban J connectivity index is 1.73. The van der Waals surface area contributed by atoms with Gasteiger partial charge in [0, 0.05) is 30.4 Å². The first kappa shape index (κ1) is 22.9. The largest absolute Gasteiger partial charge is 0.493 e. The van der Waals surface area contributed by atoms with Crippen LogP contribution in [0.25, 0.3) is 11.4 Å². The van der Waals surface area contributed by atoms with Crippen LogP contribution in [-0.4, -0.2) is 52.7 Å². The van der Waals surface area contributed by atoms with Crippen molar-refractivity contribution in [2.24, 2.45) is 7.05 Å². The maximum absolute atomic E-state index is 12.3. The number of ether oxygens (including phenoxy) is 3. The van der Waals surface area contributed by atoms with Crippen LogP contribution in [0.2, 0.25) is 0 Å². The molecule has 0 aliphatic heterocycles. The van der Waals surface area contributed by atoms with Gasteiger partial charge in [-0.3, -0.25) is 14.9 Å². The first-order valence-electron chi connectivity index (χ1n) is 9.24. The molecule has 1 aromatic heterocycles. The van der Waals surface area contributed by atoms with Crippen LogP contribution in [-0.2, 0) is 11.8 Å². The average Bonchev–Trinajstić information content (AvgIpc) is 3.16. The molecule has 12 heteroatoms. The van der Waals surface area contributed by atoms with Crippen molar-refractivity contribution < 1.29 is 23.9 Å². The number of thioether (sulfide) groups is 1. The second-order valence-corrected chi connectivity index (χ2v) is 7.37. The molecule has 3 rings (SSSR count). The molecule has 32 heavy (non-hydrogen) atoms. The quantitative estimate of drug-likeness (QED) is 0.291. The summed E-state index contributed by atoms with van der Waals surface area (Å²) in [6.07, 6.45) is 0. The summed E-state index contributed by atoms with van der Waals surface area (Å²) in [5.74, 6) is 1.70. The third-order valence-corrected chi connectivity index (χ3v) is 5.45. The number of anilines is 1. The van der Waals surface area contributed by atoms with Crippen molar-refractivity contribution in [3.05, 3.63) is 46.5 Å². The van der Waals surface area contributed by atoms with Crippen molar-refractivity contribution >= 4 is 29.0 Å². The molecular weight excluding hydrogens is 438 g/mol. The zero-order chi connectivity index (χ0) is 23.3. The number of methoxy groups -OCH3 is 3. The van der Waals surface area contributed by atoms with Crippen molar-refractivity contribution in [2.45, 2.75) is 5.16 Å². The molecule has 11 nitrogen and oxygen atoms in total. The van der Waals surface area contributed by atoms with E-state index in [-0.39, 0.29) is 17.3 Å². The average molecular weight is 459 g/mol. The predicted molar refractivity (Wildman–Crippen MR) is 119 cm³/mol. The summed E-state index contributed by atoms with van der Waals surface area (Å²) >= 11 is 1.18. The third kappa shape index (κ3) is 4.91. The molecule has 1 heterocycles. The van der Waals surface area contributed by atoms with Crippen molar-refractivity contribution in [1.82, 2.24) is 14.8 Å². The van der Waals surface area contributed by atoms with E-state index in [1.807, 2.05) is 0 Å². The zero-order valence-electron chi connectivity index (χ0n) is 17.8. The number of rotatable bonds is 9. The Morgan fingerprint density at radius 1 is 1.12 bits per heavy atom. The van der Waals surface area contributed by atoms with Gasteiger partial charge in [-0.05, 0) is 18.2 Å². The summed E-state index contributed by atoms with van der Waals surface area (Å²) in [5, 5.41) is 22.4. The number of nitrogens with one attached hydrogen (secondary N) is 1. The lowest BCUT2D eigenvalue weighted by molar-refractivity contribution is -0.384. The molecule has 3 aromatic rings. The number of nitro groups is 1. The number of hydrogen-bond acceptors (Lipinski definition) is 9. The van der Waals surface area contributed by atoms with Crippen LogP contribution in [0.4, 0.5) is 11.4 Å². The van der Waals surface area contributed by atoms with E-state index in [1.54, 1.807) is 29.8 Å². The second kappa shape index (κ2) is 10.0. The van der Waals surface area contributed by atoms with Gasteiger partial charge >= 0.3 is 0 Å². The fourth-order valence-electron chi connectivity index (χ4n) is 2.93. The van der Waals surface area contributed by atoms with Crippen LogP contribution < -0.4 is 19.5 Å². The first-order chi connectivity index (χ1) is 15.4. The topological polar surface area (TPSA) is 131 Å². The molecule has 0 fully saturated rings. The number of aromatic nitrogens is 3. The minimum absolute atomic E-state index is 0.0456. The SMILES string of the molecule is COc1cc(-c2nnc(SCC(=O)Nc3cccc([N+](=O)[O-])c3)n2C)cc(OC)c1OC. The number of amides is 1. The van der Waals surface area contributed by atoms with Crippen LogP contribution in [0.1, 0.15) is 0 Å². The predicted octanol–water partition coefficient (Wildman–Crippen LogP) is 3.15. The highest BCUT2D eigenvalue weighted by atomic mass is 32.2. The van der Waals surface area contributed by atoms with Crippen LogP contribution in [0, 0.1) is 10.1 Å². The summed E-state index contributed by atoms with van der Waals surface area (Å²) in [6.45, 7) is 0. The van der Waals surface area contributed by atoms with Crippen LogP contribution in [0.5, 0.6) is 17.2 Å². The Bertz CT molecular complexity index is 1120. The molecule has 0 saturated heterocycles. The minimum Gasteiger partial charge on any atom is -0.493 e. The first-order valence-corrected chi connectivity index (χ1v) is 10.2. The fraction of sp³-hybridized carbons (Fsp3) is 0.250. The zero-order valence-corrected chi connectivity index (χ0v) is 18.6. The third-order valence-electron chi connectivity index (χ3n) is 4.43. The Labute approximate surface area is 187 Å². The van der Waals surface area contributed by atoms with E-state index >= 15 is 0 Å². The van der Waals surface area contributed by atoms with Gasteiger partial charge in [0.15, 0.2) is 22.5 Å². The van der Waals surface area contributed by atoms with Crippen LogP contribution >= 0.6 is 11.8 Å². The Morgan fingerprint density at radius 3 is 2.41 bits per heavy atom. The van der Waals surface area contributed by atoms with Crippen molar-refractivity contribution in [3.63, 3.8) is 0 Å². The monoisotopic (exact) mass is 459 g/mol. The van der Waals surface area contributed by atoms with Crippen molar-refractivity contribution in [1.29, 1.82) is 0 Å². The molecular formula is C20H21N5O6S. The summed E-state index contributed by atoms with van der Waals surface area (Å²) in [7, 11) is 6.35. The van der Waals surface area contributed by atoms with E-state index < -0.39 is 4.92 Å². The molecule has 1 amide bonds. The highest BCUT2D eigenvalue weighted by Gasteiger charge is 2.19. The minimum atomic E-state index is -0.519. The van der Waals surface area contributed by atoms with Gasteiger partial charge in [0.2, 0.25) is 11.7 Å². The smallest absolute Gasteiger partial charge is 0.271 e. The molecule has 0 aliphatic carbocycles. The maximum Gasteiger partial charge on any atom is 0.271 e. The Hall–Kier alpha value is -3.80. The summed E-state index contributed by atoms with van der Waals surface area (Å²) in [5.41, 5.74) is 0.946. The lowest BCUT2D eigenvalue weighted by Gasteiger charge is -2.14. The molecule has 168 valence electrons. The van der Waals surface area contributed by atoms with E-state index in [0.29, 0.717) is 39.5 Å². The standard InChI is InChI=1S/C20H21N5O6S/c1-24-19(12-8-15(29-2)18(31-4)16(9-12)30-3)22-23-20(24)32-11-17(26)21-13-6-5-7-14(10-13)25(27)28/h5-10H,11H2,1-4H3,(H,21,26). The number of carbonyl (C=O) groups excluding carboxylic acids is 1. The molecule has 1 N–H and O–H groups in total. The van der Waals surface area contributed by atoms with Gasteiger partial charge in [0.05, 0.1) is 32.0 Å². The summed E-state index contributed by atoms with van der Waals surface area (Å²) in [6, 6.07) is 9.26. The van der Waals surface area contributed by atoms with Crippen molar-refractivity contribution in [2.75, 3.05) is 32.4 Å². The Kier molecular flexibility index (Phi) is 7.15. The fourth-order valence-corrected chi connectivity index (χ4v) is 3.64. The summed E-state index contributed by atoms with van der Waals surface area (Å²) in [4.78, 5) is 22.6. The summed E-state index contributed by atoms with van der Waals surface area (Å²) < 4.78 is 17.8. The van der Waals surface area contributed by atoms with Gasteiger partial charge in [0.25, 0.3) is 5.69 Å². The number of nitrogens with zero attached hydrogens (tertiary/aromatic N) is 4.